The third kappa shape index (κ3) is 2.94. The highest BCUT2D eigenvalue weighted by atomic mass is 19.1. The van der Waals surface area contributed by atoms with Crippen LogP contribution in [0.3, 0.4) is 0 Å². The van der Waals surface area contributed by atoms with E-state index in [0.29, 0.717) is 18.1 Å². The monoisotopic (exact) mass is 271 g/mol. The van der Waals surface area contributed by atoms with Crippen LogP contribution in [-0.4, -0.2) is 0 Å². The lowest BCUT2D eigenvalue weighted by Gasteiger charge is -2.35. The van der Waals surface area contributed by atoms with Crippen molar-refractivity contribution in [3.63, 3.8) is 0 Å². The SMILES string of the molecule is CCC1CCCCC1C(N)c1c(F)cc(F)cc1F. The van der Waals surface area contributed by atoms with Crippen LogP contribution in [0.4, 0.5) is 13.2 Å². The van der Waals surface area contributed by atoms with Gasteiger partial charge in [0.25, 0.3) is 0 Å². The fourth-order valence-corrected chi connectivity index (χ4v) is 3.30. The number of nitrogens with two attached hydrogens (primary N) is 1. The third-order valence-electron chi connectivity index (χ3n) is 4.33. The number of hydrogen-bond acceptors (Lipinski definition) is 1. The van der Waals surface area contributed by atoms with E-state index in [2.05, 4.69) is 6.92 Å². The van der Waals surface area contributed by atoms with Crippen LogP contribution in [0, 0.1) is 29.3 Å². The topological polar surface area (TPSA) is 26.0 Å². The molecule has 1 aliphatic carbocycles. The van der Waals surface area contributed by atoms with Crippen LogP contribution < -0.4 is 5.73 Å². The van der Waals surface area contributed by atoms with Crippen molar-refractivity contribution in [2.75, 3.05) is 0 Å². The molecule has 0 spiro atoms. The van der Waals surface area contributed by atoms with E-state index in [0.717, 1.165) is 32.1 Å². The predicted molar refractivity (Wildman–Crippen MR) is 69.0 cm³/mol. The summed E-state index contributed by atoms with van der Waals surface area (Å²) in [4.78, 5) is 0. The molecular formula is C15H20F3N. The zero-order valence-corrected chi connectivity index (χ0v) is 11.1. The summed E-state index contributed by atoms with van der Waals surface area (Å²) in [5.41, 5.74) is 5.92. The molecule has 3 unspecified atom stereocenters. The third-order valence-corrected chi connectivity index (χ3v) is 4.33. The lowest BCUT2D eigenvalue weighted by molar-refractivity contribution is 0.192. The Morgan fingerprint density at radius 3 is 2.32 bits per heavy atom. The molecule has 0 bridgehead atoms. The minimum atomic E-state index is -0.901. The molecule has 2 rings (SSSR count). The quantitative estimate of drug-likeness (QED) is 0.870. The van der Waals surface area contributed by atoms with Crippen molar-refractivity contribution in [3.8, 4) is 0 Å². The van der Waals surface area contributed by atoms with E-state index in [1.165, 1.54) is 0 Å². The molecule has 1 nitrogen and oxygen atoms in total. The summed E-state index contributed by atoms with van der Waals surface area (Å²) in [7, 11) is 0. The van der Waals surface area contributed by atoms with Crippen molar-refractivity contribution in [1.82, 2.24) is 0 Å². The molecule has 1 saturated carbocycles. The van der Waals surface area contributed by atoms with E-state index >= 15 is 0 Å². The van der Waals surface area contributed by atoms with Crippen LogP contribution >= 0.6 is 0 Å². The lowest BCUT2D eigenvalue weighted by atomic mass is 9.72. The maximum absolute atomic E-state index is 13.8. The summed E-state index contributed by atoms with van der Waals surface area (Å²) >= 11 is 0. The molecule has 0 aromatic heterocycles. The zero-order chi connectivity index (χ0) is 14.0. The first kappa shape index (κ1) is 14.4. The summed E-state index contributed by atoms with van der Waals surface area (Å²) < 4.78 is 40.5. The summed E-state index contributed by atoms with van der Waals surface area (Å²) in [5, 5.41) is 0. The first-order valence-electron chi connectivity index (χ1n) is 6.94. The summed E-state index contributed by atoms with van der Waals surface area (Å²) in [5.74, 6) is -2.17. The Bertz CT molecular complexity index is 424. The van der Waals surface area contributed by atoms with Gasteiger partial charge in [0.05, 0.1) is 0 Å². The minimum absolute atomic E-state index is 0.0770. The number of halogens is 3. The normalized spacial score (nSPS) is 25.3. The molecule has 1 aromatic rings. The van der Waals surface area contributed by atoms with Crippen molar-refractivity contribution in [3.05, 3.63) is 35.1 Å². The first-order chi connectivity index (χ1) is 9.04. The smallest absolute Gasteiger partial charge is 0.133 e. The van der Waals surface area contributed by atoms with E-state index in [4.69, 9.17) is 5.73 Å². The maximum atomic E-state index is 13.8. The second-order valence-electron chi connectivity index (χ2n) is 5.43. The molecule has 1 aliphatic rings. The highest BCUT2D eigenvalue weighted by Crippen LogP contribution is 2.40. The van der Waals surface area contributed by atoms with E-state index < -0.39 is 23.5 Å². The van der Waals surface area contributed by atoms with Gasteiger partial charge in [0.1, 0.15) is 17.5 Å². The van der Waals surface area contributed by atoms with E-state index in [-0.39, 0.29) is 11.5 Å². The van der Waals surface area contributed by atoms with Gasteiger partial charge in [-0.1, -0.05) is 32.6 Å². The van der Waals surface area contributed by atoms with E-state index in [9.17, 15) is 13.2 Å². The predicted octanol–water partition coefficient (Wildman–Crippen LogP) is 4.32. The van der Waals surface area contributed by atoms with Crippen LogP contribution in [0.25, 0.3) is 0 Å². The Hall–Kier alpha value is -1.03. The number of hydrogen-bond donors (Lipinski definition) is 1. The molecule has 2 N–H and O–H groups in total. The highest BCUT2D eigenvalue weighted by Gasteiger charge is 2.32. The van der Waals surface area contributed by atoms with Crippen molar-refractivity contribution in [1.29, 1.82) is 0 Å². The van der Waals surface area contributed by atoms with Gasteiger partial charge in [-0.3, -0.25) is 0 Å². The van der Waals surface area contributed by atoms with Gasteiger partial charge < -0.3 is 5.73 Å². The average molecular weight is 271 g/mol. The average Bonchev–Trinajstić information content (AvgIpc) is 2.37. The Morgan fingerprint density at radius 1 is 1.16 bits per heavy atom. The highest BCUT2D eigenvalue weighted by molar-refractivity contribution is 5.25. The summed E-state index contributed by atoms with van der Waals surface area (Å²) in [6.07, 6.45) is 5.09. The van der Waals surface area contributed by atoms with Crippen LogP contribution in [0.1, 0.15) is 50.6 Å². The van der Waals surface area contributed by atoms with Crippen molar-refractivity contribution < 1.29 is 13.2 Å². The van der Waals surface area contributed by atoms with Gasteiger partial charge >= 0.3 is 0 Å². The van der Waals surface area contributed by atoms with Crippen LogP contribution in [0.2, 0.25) is 0 Å². The largest absolute Gasteiger partial charge is 0.324 e. The fraction of sp³-hybridized carbons (Fsp3) is 0.600. The molecular weight excluding hydrogens is 251 g/mol. The summed E-state index contributed by atoms with van der Waals surface area (Å²) in [6, 6.07) is 0.732. The first-order valence-corrected chi connectivity index (χ1v) is 6.94. The van der Waals surface area contributed by atoms with Crippen LogP contribution in [-0.2, 0) is 0 Å². The molecule has 0 radical (unpaired) electrons. The molecule has 0 heterocycles. The molecule has 3 atom stereocenters. The summed E-state index contributed by atoms with van der Waals surface area (Å²) in [6.45, 7) is 2.08. The molecule has 0 saturated heterocycles. The van der Waals surface area contributed by atoms with Crippen molar-refractivity contribution in [2.24, 2.45) is 17.6 Å². The molecule has 19 heavy (non-hydrogen) atoms. The Balaban J connectivity index is 2.30. The van der Waals surface area contributed by atoms with Gasteiger partial charge in [-0.05, 0) is 18.3 Å². The second-order valence-corrected chi connectivity index (χ2v) is 5.43. The van der Waals surface area contributed by atoms with Crippen LogP contribution in [0.5, 0.6) is 0 Å². The Kier molecular flexibility index (Phi) is 4.50. The number of benzene rings is 1. The van der Waals surface area contributed by atoms with Crippen molar-refractivity contribution >= 4 is 0 Å². The molecule has 0 amide bonds. The van der Waals surface area contributed by atoms with E-state index in [1.807, 2.05) is 0 Å². The van der Waals surface area contributed by atoms with Gasteiger partial charge in [0.2, 0.25) is 0 Å². The molecule has 1 aromatic carbocycles. The van der Waals surface area contributed by atoms with Crippen LogP contribution in [0.15, 0.2) is 12.1 Å². The van der Waals surface area contributed by atoms with Crippen molar-refractivity contribution in [2.45, 2.75) is 45.1 Å². The lowest BCUT2D eigenvalue weighted by Crippen LogP contribution is -2.31. The van der Waals surface area contributed by atoms with Gasteiger partial charge in [-0.25, -0.2) is 13.2 Å². The molecule has 1 fully saturated rings. The van der Waals surface area contributed by atoms with Gasteiger partial charge in [0.15, 0.2) is 0 Å². The Labute approximate surface area is 112 Å². The minimum Gasteiger partial charge on any atom is -0.324 e. The Morgan fingerprint density at radius 2 is 1.74 bits per heavy atom. The standard InChI is InChI=1S/C15H20F3N/c1-2-9-5-3-4-6-11(9)15(19)14-12(17)7-10(16)8-13(14)18/h7-9,11,15H,2-6,19H2,1H3. The van der Waals surface area contributed by atoms with Gasteiger partial charge in [-0.15, -0.1) is 0 Å². The zero-order valence-electron chi connectivity index (χ0n) is 11.1. The molecule has 4 heteroatoms. The molecule has 0 aliphatic heterocycles. The number of rotatable bonds is 3. The van der Waals surface area contributed by atoms with Gasteiger partial charge in [-0.2, -0.15) is 0 Å². The van der Waals surface area contributed by atoms with E-state index in [1.54, 1.807) is 0 Å². The molecule has 106 valence electrons. The maximum Gasteiger partial charge on any atom is 0.133 e. The fourth-order valence-electron chi connectivity index (χ4n) is 3.30. The van der Waals surface area contributed by atoms with Gasteiger partial charge in [0, 0.05) is 23.7 Å². The second kappa shape index (κ2) is 5.95.